The van der Waals surface area contributed by atoms with Gasteiger partial charge in [0.1, 0.15) is 13.6 Å². The zero-order valence-corrected chi connectivity index (χ0v) is 9.69. The Bertz CT molecular complexity index is 82.1. The maximum absolute atomic E-state index is 8.09. The van der Waals surface area contributed by atoms with Crippen molar-refractivity contribution in [2.24, 2.45) is 11.8 Å². The maximum atomic E-state index is 8.09. The van der Waals surface area contributed by atoms with E-state index in [1.54, 1.807) is 0 Å². The highest BCUT2D eigenvalue weighted by Gasteiger charge is 1.89. The van der Waals surface area contributed by atoms with Crippen molar-refractivity contribution in [3.05, 3.63) is 0 Å². The van der Waals surface area contributed by atoms with Gasteiger partial charge in [-0.05, 0) is 11.8 Å². The predicted octanol–water partition coefficient (Wildman–Crippen LogP) is 1.22. The molecule has 0 heterocycles. The van der Waals surface area contributed by atoms with Gasteiger partial charge in [0.15, 0.2) is 0 Å². The Labute approximate surface area is 86.8 Å². The fourth-order valence-electron chi connectivity index (χ4n) is 0.577. The molecule has 0 bridgehead atoms. The van der Waals surface area contributed by atoms with Crippen LogP contribution in [0.3, 0.4) is 0 Å². The fraction of sp³-hybridized carbons (Fsp3) is 1.00. The van der Waals surface area contributed by atoms with Crippen molar-refractivity contribution in [3.63, 3.8) is 0 Å². The third kappa shape index (κ3) is 22.6. The summed E-state index contributed by atoms with van der Waals surface area (Å²) in [5.41, 5.74) is 0. The molecule has 4 heteroatoms. The number of aliphatic hydroxyl groups is 2. The van der Waals surface area contributed by atoms with Crippen molar-refractivity contribution in [1.29, 1.82) is 0 Å². The van der Waals surface area contributed by atoms with Gasteiger partial charge in [-0.1, -0.05) is 27.7 Å². The molecular weight excluding hydrogens is 184 g/mol. The standard InChI is InChI=1S/2C5H12O2/c2*1-5(2)3-7-4-6/h2*5-6H,3-4H2,1-2H3. The van der Waals surface area contributed by atoms with Crippen LogP contribution >= 0.6 is 0 Å². The van der Waals surface area contributed by atoms with Crippen molar-refractivity contribution in [1.82, 2.24) is 0 Å². The van der Waals surface area contributed by atoms with Crippen LogP contribution in [0.1, 0.15) is 27.7 Å². The first kappa shape index (κ1) is 16.3. The Balaban J connectivity index is 0. The maximum Gasteiger partial charge on any atom is 0.143 e. The average Bonchev–Trinajstić information content (AvgIpc) is 2.12. The van der Waals surface area contributed by atoms with Gasteiger partial charge in [0.05, 0.1) is 13.2 Å². The predicted molar refractivity (Wildman–Crippen MR) is 55.8 cm³/mol. The number of hydrogen-bond acceptors (Lipinski definition) is 4. The molecule has 0 rings (SSSR count). The largest absolute Gasteiger partial charge is 0.371 e. The average molecular weight is 208 g/mol. The molecule has 0 amide bonds. The van der Waals surface area contributed by atoms with Gasteiger partial charge >= 0.3 is 0 Å². The van der Waals surface area contributed by atoms with E-state index in [1.165, 1.54) is 0 Å². The number of rotatable bonds is 6. The van der Waals surface area contributed by atoms with Crippen molar-refractivity contribution in [3.8, 4) is 0 Å². The Kier molecular flexibility index (Phi) is 14.9. The van der Waals surface area contributed by atoms with E-state index in [4.69, 9.17) is 10.2 Å². The van der Waals surface area contributed by atoms with E-state index >= 15 is 0 Å². The van der Waals surface area contributed by atoms with Crippen molar-refractivity contribution < 1.29 is 19.7 Å². The molecule has 0 aromatic heterocycles. The molecule has 88 valence electrons. The summed E-state index contributed by atoms with van der Waals surface area (Å²) in [6.45, 7) is 9.14. The lowest BCUT2D eigenvalue weighted by Crippen LogP contribution is -2.01. The molecule has 0 saturated carbocycles. The van der Waals surface area contributed by atoms with Crippen molar-refractivity contribution >= 4 is 0 Å². The van der Waals surface area contributed by atoms with Crippen molar-refractivity contribution in [2.45, 2.75) is 27.7 Å². The molecule has 0 unspecified atom stereocenters. The van der Waals surface area contributed by atoms with Gasteiger partial charge in [-0.2, -0.15) is 0 Å². The molecule has 0 atom stereocenters. The second kappa shape index (κ2) is 12.8. The van der Waals surface area contributed by atoms with Gasteiger partial charge in [-0.3, -0.25) is 0 Å². The summed E-state index contributed by atoms with van der Waals surface area (Å²) < 4.78 is 9.30. The molecule has 4 nitrogen and oxygen atoms in total. The molecule has 14 heavy (non-hydrogen) atoms. The van der Waals surface area contributed by atoms with E-state index in [1.807, 2.05) is 27.7 Å². The third-order valence-corrected chi connectivity index (χ3v) is 1.08. The summed E-state index contributed by atoms with van der Waals surface area (Å²) in [6, 6.07) is 0. The Morgan fingerprint density at radius 1 is 0.786 bits per heavy atom. The quantitative estimate of drug-likeness (QED) is 0.644. The molecule has 0 aliphatic carbocycles. The van der Waals surface area contributed by atoms with Crippen LogP contribution in [0.5, 0.6) is 0 Å². The molecule has 2 N–H and O–H groups in total. The highest BCUT2D eigenvalue weighted by Crippen LogP contribution is 1.90. The highest BCUT2D eigenvalue weighted by molar-refractivity contribution is 4.36. The second-order valence-electron chi connectivity index (χ2n) is 3.79. The lowest BCUT2D eigenvalue weighted by atomic mass is 10.2. The van der Waals surface area contributed by atoms with Crippen LogP contribution in [0.2, 0.25) is 0 Å². The van der Waals surface area contributed by atoms with E-state index in [9.17, 15) is 0 Å². The summed E-state index contributed by atoms with van der Waals surface area (Å²) in [7, 11) is 0. The Hall–Kier alpha value is -0.160. The van der Waals surface area contributed by atoms with Crippen LogP contribution in [0, 0.1) is 11.8 Å². The highest BCUT2D eigenvalue weighted by atomic mass is 16.6. The Morgan fingerprint density at radius 2 is 1.07 bits per heavy atom. The summed E-state index contributed by atoms with van der Waals surface area (Å²) in [6.07, 6.45) is 0. The van der Waals surface area contributed by atoms with E-state index in [0.717, 1.165) is 0 Å². The summed E-state index contributed by atoms with van der Waals surface area (Å²) in [4.78, 5) is 0. The van der Waals surface area contributed by atoms with Crippen LogP contribution in [0.15, 0.2) is 0 Å². The number of hydrogen-bond donors (Lipinski definition) is 2. The smallest absolute Gasteiger partial charge is 0.143 e. The molecule has 0 saturated heterocycles. The first-order valence-electron chi connectivity index (χ1n) is 4.91. The number of ether oxygens (including phenoxy) is 2. The minimum Gasteiger partial charge on any atom is -0.371 e. The van der Waals surface area contributed by atoms with Crippen molar-refractivity contribution in [2.75, 3.05) is 26.8 Å². The van der Waals surface area contributed by atoms with Gasteiger partial charge < -0.3 is 19.7 Å². The lowest BCUT2D eigenvalue weighted by Gasteiger charge is -2.00. The first-order chi connectivity index (χ1) is 6.54. The van der Waals surface area contributed by atoms with Crippen LogP contribution in [0.25, 0.3) is 0 Å². The molecule has 0 fully saturated rings. The zero-order valence-electron chi connectivity index (χ0n) is 9.69. The summed E-state index contributed by atoms with van der Waals surface area (Å²) >= 11 is 0. The molecule has 0 aliphatic rings. The van der Waals surface area contributed by atoms with Gasteiger partial charge in [0.25, 0.3) is 0 Å². The summed E-state index contributed by atoms with van der Waals surface area (Å²) in [5, 5.41) is 16.2. The fourth-order valence-corrected chi connectivity index (χ4v) is 0.577. The molecule has 0 aromatic rings. The zero-order chi connectivity index (χ0) is 11.4. The SMILES string of the molecule is CC(C)COCO.CC(C)COCO. The lowest BCUT2D eigenvalue weighted by molar-refractivity contribution is -0.0131. The van der Waals surface area contributed by atoms with Crippen LogP contribution in [-0.2, 0) is 9.47 Å². The van der Waals surface area contributed by atoms with Gasteiger partial charge in [-0.15, -0.1) is 0 Å². The van der Waals surface area contributed by atoms with E-state index in [2.05, 4.69) is 9.47 Å². The first-order valence-corrected chi connectivity index (χ1v) is 4.91. The van der Waals surface area contributed by atoms with E-state index < -0.39 is 0 Å². The van der Waals surface area contributed by atoms with Gasteiger partial charge in [0.2, 0.25) is 0 Å². The minimum atomic E-state index is -0.155. The number of aliphatic hydroxyl groups excluding tert-OH is 2. The monoisotopic (exact) mass is 208 g/mol. The Morgan fingerprint density at radius 3 is 1.14 bits per heavy atom. The third-order valence-electron chi connectivity index (χ3n) is 1.08. The topological polar surface area (TPSA) is 58.9 Å². The van der Waals surface area contributed by atoms with Crippen LogP contribution in [0.4, 0.5) is 0 Å². The molecule has 0 aromatic carbocycles. The van der Waals surface area contributed by atoms with Crippen LogP contribution < -0.4 is 0 Å². The minimum absolute atomic E-state index is 0.155. The molecular formula is C10H24O4. The summed E-state index contributed by atoms with van der Waals surface area (Å²) in [5.74, 6) is 1.04. The molecule has 0 aliphatic heterocycles. The molecule has 0 radical (unpaired) electrons. The van der Waals surface area contributed by atoms with Gasteiger partial charge in [0, 0.05) is 0 Å². The van der Waals surface area contributed by atoms with Crippen LogP contribution in [-0.4, -0.2) is 37.0 Å². The van der Waals surface area contributed by atoms with E-state index in [-0.39, 0.29) is 13.6 Å². The second-order valence-corrected chi connectivity index (χ2v) is 3.79. The van der Waals surface area contributed by atoms with Gasteiger partial charge in [-0.25, -0.2) is 0 Å². The van der Waals surface area contributed by atoms with E-state index in [0.29, 0.717) is 25.0 Å². The normalized spacial score (nSPS) is 10.3. The molecule has 0 spiro atoms.